The Morgan fingerprint density at radius 2 is 1.81 bits per heavy atom. The molecule has 0 bridgehead atoms. The number of carboxylic acid groups (broad SMARTS) is 1. The monoisotopic (exact) mass is 306 g/mol. The minimum absolute atomic E-state index is 0. The largest absolute Gasteiger partial charge is 0.478 e. The van der Waals surface area contributed by atoms with Crippen molar-refractivity contribution in [3.8, 4) is 0 Å². The summed E-state index contributed by atoms with van der Waals surface area (Å²) in [5.74, 6) is -0.875. The summed E-state index contributed by atoms with van der Waals surface area (Å²) >= 11 is 0. The molecule has 1 aliphatic heterocycles. The van der Waals surface area contributed by atoms with Crippen LogP contribution in [-0.4, -0.2) is 49.2 Å². The van der Waals surface area contributed by atoms with E-state index in [2.05, 4.69) is 22.9 Å². The zero-order chi connectivity index (χ0) is 14.1. The third-order valence-electron chi connectivity index (χ3n) is 3.95. The standard InChI is InChI=1S/C16H18N2O2.ClH/c1-17-7-9-18(10-8-17)15-4-2-3-12-5-6-13(16(19)20)11-14(12)15;/h2-6,11H,7-10H2,1H3,(H,19,20);1H. The molecule has 112 valence electrons. The lowest BCUT2D eigenvalue weighted by Crippen LogP contribution is -2.44. The lowest BCUT2D eigenvalue weighted by molar-refractivity contribution is 0.0697. The van der Waals surface area contributed by atoms with Gasteiger partial charge in [0.25, 0.3) is 0 Å². The van der Waals surface area contributed by atoms with Crippen molar-refractivity contribution in [2.75, 3.05) is 38.1 Å². The van der Waals surface area contributed by atoms with Crippen LogP contribution in [0.3, 0.4) is 0 Å². The van der Waals surface area contributed by atoms with Gasteiger partial charge in [0.15, 0.2) is 0 Å². The van der Waals surface area contributed by atoms with Crippen molar-refractivity contribution in [2.45, 2.75) is 0 Å². The number of likely N-dealkylation sites (N-methyl/N-ethyl adjacent to an activating group) is 1. The van der Waals surface area contributed by atoms with Crippen molar-refractivity contribution in [3.05, 3.63) is 42.0 Å². The van der Waals surface area contributed by atoms with E-state index in [1.165, 1.54) is 0 Å². The Morgan fingerprint density at radius 1 is 1.10 bits per heavy atom. The highest BCUT2D eigenvalue weighted by Gasteiger charge is 2.16. The maximum atomic E-state index is 11.2. The van der Waals surface area contributed by atoms with Crippen molar-refractivity contribution in [1.82, 2.24) is 4.90 Å². The molecule has 0 aromatic heterocycles. The van der Waals surface area contributed by atoms with E-state index in [0.29, 0.717) is 5.56 Å². The third-order valence-corrected chi connectivity index (χ3v) is 3.95. The molecular weight excluding hydrogens is 288 g/mol. The molecule has 21 heavy (non-hydrogen) atoms. The first kappa shape index (κ1) is 15.6. The average Bonchev–Trinajstić information content (AvgIpc) is 2.47. The van der Waals surface area contributed by atoms with Gasteiger partial charge in [-0.05, 0) is 30.6 Å². The first-order chi connectivity index (χ1) is 9.65. The highest BCUT2D eigenvalue weighted by atomic mass is 35.5. The number of benzene rings is 2. The van der Waals surface area contributed by atoms with Gasteiger partial charge >= 0.3 is 5.97 Å². The van der Waals surface area contributed by atoms with E-state index in [1.54, 1.807) is 12.1 Å². The van der Waals surface area contributed by atoms with Crippen molar-refractivity contribution >= 4 is 34.8 Å². The summed E-state index contributed by atoms with van der Waals surface area (Å²) in [4.78, 5) is 15.8. The van der Waals surface area contributed by atoms with Gasteiger partial charge in [-0.25, -0.2) is 4.79 Å². The van der Waals surface area contributed by atoms with Gasteiger partial charge in [-0.15, -0.1) is 12.4 Å². The van der Waals surface area contributed by atoms with Crippen LogP contribution >= 0.6 is 12.4 Å². The molecule has 0 spiro atoms. The number of carboxylic acids is 1. The maximum absolute atomic E-state index is 11.2. The molecule has 0 radical (unpaired) electrons. The number of anilines is 1. The van der Waals surface area contributed by atoms with Gasteiger partial charge in [-0.2, -0.15) is 0 Å². The molecule has 1 saturated heterocycles. The summed E-state index contributed by atoms with van der Waals surface area (Å²) < 4.78 is 0. The maximum Gasteiger partial charge on any atom is 0.335 e. The smallest absolute Gasteiger partial charge is 0.335 e. The van der Waals surface area contributed by atoms with E-state index in [4.69, 9.17) is 5.11 Å². The predicted octanol–water partition coefficient (Wildman–Crippen LogP) is 2.71. The zero-order valence-corrected chi connectivity index (χ0v) is 12.8. The topological polar surface area (TPSA) is 43.8 Å². The van der Waals surface area contributed by atoms with Crippen molar-refractivity contribution < 1.29 is 9.90 Å². The van der Waals surface area contributed by atoms with Gasteiger partial charge < -0.3 is 14.9 Å². The number of nitrogens with zero attached hydrogens (tertiary/aromatic N) is 2. The number of hydrogen-bond donors (Lipinski definition) is 1. The zero-order valence-electron chi connectivity index (χ0n) is 12.0. The highest BCUT2D eigenvalue weighted by molar-refractivity contribution is 6.00. The van der Waals surface area contributed by atoms with Crippen LogP contribution in [0.2, 0.25) is 0 Å². The lowest BCUT2D eigenvalue weighted by atomic mass is 10.0. The summed E-state index contributed by atoms with van der Waals surface area (Å²) in [5.41, 5.74) is 1.48. The minimum Gasteiger partial charge on any atom is -0.478 e. The Hall–Kier alpha value is -1.78. The number of fused-ring (bicyclic) bond motifs is 1. The van der Waals surface area contributed by atoms with Gasteiger partial charge in [0, 0.05) is 37.3 Å². The van der Waals surface area contributed by atoms with E-state index >= 15 is 0 Å². The first-order valence-electron chi connectivity index (χ1n) is 6.85. The second-order valence-corrected chi connectivity index (χ2v) is 5.31. The summed E-state index contributed by atoms with van der Waals surface area (Å²) in [6.07, 6.45) is 0. The number of rotatable bonds is 2. The Kier molecular flexibility index (Phi) is 4.70. The molecule has 5 heteroatoms. The first-order valence-corrected chi connectivity index (χ1v) is 6.85. The third kappa shape index (κ3) is 3.12. The van der Waals surface area contributed by atoms with Crippen LogP contribution in [0.25, 0.3) is 10.8 Å². The fourth-order valence-electron chi connectivity index (χ4n) is 2.71. The lowest BCUT2D eigenvalue weighted by Gasteiger charge is -2.34. The molecule has 4 nitrogen and oxygen atoms in total. The molecule has 3 rings (SSSR count). The summed E-state index contributed by atoms with van der Waals surface area (Å²) in [5, 5.41) is 11.3. The van der Waals surface area contributed by atoms with Crippen LogP contribution < -0.4 is 4.90 Å². The van der Waals surface area contributed by atoms with Crippen LogP contribution in [0.4, 0.5) is 5.69 Å². The molecule has 1 N–H and O–H groups in total. The fraction of sp³-hybridized carbons (Fsp3) is 0.312. The number of carbonyl (C=O) groups is 1. The van der Waals surface area contributed by atoms with E-state index < -0.39 is 5.97 Å². The molecule has 1 heterocycles. The van der Waals surface area contributed by atoms with Gasteiger partial charge in [0.1, 0.15) is 0 Å². The molecule has 0 atom stereocenters. The summed E-state index contributed by atoms with van der Waals surface area (Å²) in [6, 6.07) is 11.5. The predicted molar refractivity (Wildman–Crippen MR) is 87.9 cm³/mol. The Balaban J connectivity index is 0.00000161. The second kappa shape index (κ2) is 6.33. The summed E-state index contributed by atoms with van der Waals surface area (Å²) in [7, 11) is 2.13. The molecule has 0 aliphatic carbocycles. The van der Waals surface area contributed by atoms with Gasteiger partial charge in [-0.3, -0.25) is 0 Å². The second-order valence-electron chi connectivity index (χ2n) is 5.31. The summed E-state index contributed by atoms with van der Waals surface area (Å²) in [6.45, 7) is 4.03. The highest BCUT2D eigenvalue weighted by Crippen LogP contribution is 2.28. The van der Waals surface area contributed by atoms with Crippen LogP contribution in [0, 0.1) is 0 Å². The fourth-order valence-corrected chi connectivity index (χ4v) is 2.71. The Labute approximate surface area is 130 Å². The van der Waals surface area contributed by atoms with E-state index in [1.807, 2.05) is 18.2 Å². The number of aromatic carboxylic acids is 1. The van der Waals surface area contributed by atoms with Gasteiger partial charge in [-0.1, -0.05) is 18.2 Å². The number of piperazine rings is 1. The van der Waals surface area contributed by atoms with E-state index in [0.717, 1.165) is 42.6 Å². The van der Waals surface area contributed by atoms with Crippen molar-refractivity contribution in [2.24, 2.45) is 0 Å². The average molecular weight is 307 g/mol. The molecule has 1 aliphatic rings. The molecular formula is C16H19ClN2O2. The molecule has 2 aromatic carbocycles. The molecule has 0 amide bonds. The minimum atomic E-state index is -0.875. The SMILES string of the molecule is CN1CCN(c2cccc3ccc(C(=O)O)cc23)CC1.Cl. The quantitative estimate of drug-likeness (QED) is 0.926. The number of hydrogen-bond acceptors (Lipinski definition) is 3. The van der Waals surface area contributed by atoms with E-state index in [-0.39, 0.29) is 12.4 Å². The Morgan fingerprint density at radius 3 is 2.48 bits per heavy atom. The van der Waals surface area contributed by atoms with Gasteiger partial charge in [0.2, 0.25) is 0 Å². The molecule has 2 aromatic rings. The number of halogens is 1. The van der Waals surface area contributed by atoms with Gasteiger partial charge in [0.05, 0.1) is 5.56 Å². The molecule has 0 unspecified atom stereocenters. The molecule has 0 saturated carbocycles. The van der Waals surface area contributed by atoms with E-state index in [9.17, 15) is 4.79 Å². The Bertz CT molecular complexity index is 652. The normalized spacial score (nSPS) is 15.8. The van der Waals surface area contributed by atoms with Crippen LogP contribution in [0.5, 0.6) is 0 Å². The van der Waals surface area contributed by atoms with Crippen molar-refractivity contribution in [3.63, 3.8) is 0 Å². The van der Waals surface area contributed by atoms with Crippen molar-refractivity contribution in [1.29, 1.82) is 0 Å². The van der Waals surface area contributed by atoms with Crippen LogP contribution in [-0.2, 0) is 0 Å². The molecule has 1 fully saturated rings. The van der Waals surface area contributed by atoms with Crippen LogP contribution in [0.1, 0.15) is 10.4 Å². The van der Waals surface area contributed by atoms with Crippen LogP contribution in [0.15, 0.2) is 36.4 Å².